The Kier molecular flexibility index (Phi) is 4.81. The lowest BCUT2D eigenvalue weighted by molar-refractivity contribution is -0.128. The maximum Gasteiger partial charge on any atom is 0.230 e. The number of benzene rings is 1. The van der Waals surface area contributed by atoms with Crippen LogP contribution in [-0.4, -0.2) is 28.2 Å². The number of nitrogens with one attached hydrogen (secondary N) is 1. The van der Waals surface area contributed by atoms with Crippen LogP contribution in [0.15, 0.2) is 42.5 Å². The van der Waals surface area contributed by atoms with Gasteiger partial charge in [-0.05, 0) is 30.7 Å². The van der Waals surface area contributed by atoms with Crippen LogP contribution >= 0.6 is 11.6 Å². The molecule has 1 atom stereocenters. The van der Waals surface area contributed by atoms with Crippen LogP contribution in [0.4, 0.5) is 5.82 Å². The molecule has 0 spiro atoms. The van der Waals surface area contributed by atoms with Gasteiger partial charge in [0.1, 0.15) is 5.82 Å². The molecule has 124 valence electrons. The maximum absolute atomic E-state index is 12.4. The number of hydrogen-bond donors (Lipinski definition) is 1. The van der Waals surface area contributed by atoms with Crippen molar-refractivity contribution in [1.82, 2.24) is 9.88 Å². The minimum absolute atomic E-state index is 0.0349. The molecule has 1 aromatic carbocycles. The second-order valence-electron chi connectivity index (χ2n) is 5.92. The van der Waals surface area contributed by atoms with Crippen LogP contribution in [0.3, 0.4) is 0 Å². The Hall–Kier alpha value is -2.40. The lowest BCUT2D eigenvalue weighted by Gasteiger charge is -2.17. The van der Waals surface area contributed by atoms with Crippen LogP contribution in [0.25, 0.3) is 0 Å². The SMILES string of the molecule is Cc1cccc(NC(=O)C2CC(=O)N(Cc3ccccc3Cl)C2)n1. The first-order valence-electron chi connectivity index (χ1n) is 7.78. The van der Waals surface area contributed by atoms with Crippen molar-refractivity contribution >= 4 is 29.2 Å². The molecule has 6 heteroatoms. The summed E-state index contributed by atoms with van der Waals surface area (Å²) in [6, 6.07) is 12.9. The van der Waals surface area contributed by atoms with Crippen molar-refractivity contribution < 1.29 is 9.59 Å². The standard InChI is InChI=1S/C18H18ClN3O2/c1-12-5-4-8-16(20-12)21-18(24)14-9-17(23)22(11-14)10-13-6-2-3-7-15(13)19/h2-8,14H,9-11H2,1H3,(H,20,21,24). The van der Waals surface area contributed by atoms with Gasteiger partial charge in [-0.3, -0.25) is 9.59 Å². The fraction of sp³-hybridized carbons (Fsp3) is 0.278. The fourth-order valence-electron chi connectivity index (χ4n) is 2.77. The van der Waals surface area contributed by atoms with E-state index in [4.69, 9.17) is 11.6 Å². The smallest absolute Gasteiger partial charge is 0.230 e. The first kappa shape index (κ1) is 16.5. The number of likely N-dealkylation sites (tertiary alicyclic amines) is 1. The van der Waals surface area contributed by atoms with Crippen molar-refractivity contribution in [2.24, 2.45) is 5.92 Å². The predicted molar refractivity (Wildman–Crippen MR) is 92.6 cm³/mol. The van der Waals surface area contributed by atoms with Crippen molar-refractivity contribution in [1.29, 1.82) is 0 Å². The van der Waals surface area contributed by atoms with Crippen LogP contribution in [-0.2, 0) is 16.1 Å². The van der Waals surface area contributed by atoms with Gasteiger partial charge in [-0.2, -0.15) is 0 Å². The number of carbonyl (C=O) groups is 2. The molecule has 0 aliphatic carbocycles. The predicted octanol–water partition coefficient (Wildman–Crippen LogP) is 3.03. The normalized spacial score (nSPS) is 17.2. The van der Waals surface area contributed by atoms with Gasteiger partial charge in [-0.1, -0.05) is 35.9 Å². The third kappa shape index (κ3) is 3.74. The highest BCUT2D eigenvalue weighted by Gasteiger charge is 2.34. The van der Waals surface area contributed by atoms with E-state index in [0.29, 0.717) is 23.9 Å². The van der Waals surface area contributed by atoms with Crippen molar-refractivity contribution in [3.63, 3.8) is 0 Å². The second kappa shape index (κ2) is 7.01. The Labute approximate surface area is 145 Å². The Bertz CT molecular complexity index is 778. The highest BCUT2D eigenvalue weighted by atomic mass is 35.5. The molecule has 2 amide bonds. The van der Waals surface area contributed by atoms with Crippen molar-refractivity contribution in [3.8, 4) is 0 Å². The Morgan fingerprint density at radius 3 is 2.83 bits per heavy atom. The van der Waals surface area contributed by atoms with Gasteiger partial charge in [0, 0.05) is 30.2 Å². The van der Waals surface area contributed by atoms with E-state index in [9.17, 15) is 9.59 Å². The molecule has 24 heavy (non-hydrogen) atoms. The van der Waals surface area contributed by atoms with E-state index >= 15 is 0 Å². The number of aryl methyl sites for hydroxylation is 1. The van der Waals surface area contributed by atoms with Crippen LogP contribution in [0.1, 0.15) is 17.7 Å². The highest BCUT2D eigenvalue weighted by Crippen LogP contribution is 2.24. The molecule has 1 unspecified atom stereocenters. The largest absolute Gasteiger partial charge is 0.337 e. The van der Waals surface area contributed by atoms with Crippen LogP contribution in [0, 0.1) is 12.8 Å². The number of anilines is 1. The van der Waals surface area contributed by atoms with E-state index in [1.807, 2.05) is 37.3 Å². The van der Waals surface area contributed by atoms with Crippen LogP contribution in [0.2, 0.25) is 5.02 Å². The molecule has 1 aliphatic rings. The summed E-state index contributed by atoms with van der Waals surface area (Å²) in [5.41, 5.74) is 1.71. The number of halogens is 1. The minimum atomic E-state index is -0.373. The first-order valence-corrected chi connectivity index (χ1v) is 8.16. The third-order valence-electron chi connectivity index (χ3n) is 4.04. The molecular weight excluding hydrogens is 326 g/mol. The molecule has 0 radical (unpaired) electrons. The molecule has 3 rings (SSSR count). The molecule has 5 nitrogen and oxygen atoms in total. The zero-order chi connectivity index (χ0) is 17.1. The van der Waals surface area contributed by atoms with Crippen molar-refractivity contribution in [3.05, 3.63) is 58.7 Å². The molecule has 1 saturated heterocycles. The average Bonchev–Trinajstić information content (AvgIpc) is 2.91. The van der Waals surface area contributed by atoms with Gasteiger partial charge >= 0.3 is 0 Å². The monoisotopic (exact) mass is 343 g/mol. The highest BCUT2D eigenvalue weighted by molar-refractivity contribution is 6.31. The number of rotatable bonds is 4. The maximum atomic E-state index is 12.4. The summed E-state index contributed by atoms with van der Waals surface area (Å²) in [6.07, 6.45) is 0.210. The molecule has 2 aromatic rings. The van der Waals surface area contributed by atoms with Gasteiger partial charge in [-0.25, -0.2) is 4.98 Å². The van der Waals surface area contributed by atoms with E-state index in [0.717, 1.165) is 11.3 Å². The average molecular weight is 344 g/mol. The van der Waals surface area contributed by atoms with E-state index in [1.54, 1.807) is 17.0 Å². The van der Waals surface area contributed by atoms with Gasteiger partial charge in [-0.15, -0.1) is 0 Å². The first-order chi connectivity index (χ1) is 11.5. The quantitative estimate of drug-likeness (QED) is 0.928. The number of amides is 2. The Morgan fingerprint density at radius 2 is 2.08 bits per heavy atom. The number of hydrogen-bond acceptors (Lipinski definition) is 3. The summed E-state index contributed by atoms with van der Waals surface area (Å²) in [4.78, 5) is 30.5. The number of aromatic nitrogens is 1. The van der Waals surface area contributed by atoms with E-state index in [1.165, 1.54) is 0 Å². The van der Waals surface area contributed by atoms with Gasteiger partial charge in [0.15, 0.2) is 0 Å². The molecule has 0 saturated carbocycles. The molecule has 1 fully saturated rings. The molecule has 2 heterocycles. The summed E-state index contributed by atoms with van der Waals surface area (Å²) in [7, 11) is 0. The number of carbonyl (C=O) groups excluding carboxylic acids is 2. The minimum Gasteiger partial charge on any atom is -0.337 e. The zero-order valence-electron chi connectivity index (χ0n) is 13.3. The number of nitrogens with zero attached hydrogens (tertiary/aromatic N) is 2. The summed E-state index contributed by atoms with van der Waals surface area (Å²) in [5, 5.41) is 3.41. The zero-order valence-corrected chi connectivity index (χ0v) is 14.1. The molecule has 1 aliphatic heterocycles. The summed E-state index contributed by atoms with van der Waals surface area (Å²) < 4.78 is 0. The van der Waals surface area contributed by atoms with Crippen LogP contribution < -0.4 is 5.32 Å². The van der Waals surface area contributed by atoms with Crippen molar-refractivity contribution in [2.75, 3.05) is 11.9 Å². The van der Waals surface area contributed by atoms with Gasteiger partial charge in [0.05, 0.1) is 5.92 Å². The van der Waals surface area contributed by atoms with Gasteiger partial charge < -0.3 is 10.2 Å². The van der Waals surface area contributed by atoms with E-state index < -0.39 is 0 Å². The van der Waals surface area contributed by atoms with Crippen molar-refractivity contribution in [2.45, 2.75) is 19.9 Å². The third-order valence-corrected chi connectivity index (χ3v) is 4.41. The molecule has 0 bridgehead atoms. The Morgan fingerprint density at radius 1 is 1.29 bits per heavy atom. The van der Waals surface area contributed by atoms with Crippen LogP contribution in [0.5, 0.6) is 0 Å². The summed E-state index contributed by atoms with van der Waals surface area (Å²) in [5.74, 6) is -0.0744. The molecular formula is C18H18ClN3O2. The van der Waals surface area contributed by atoms with E-state index in [-0.39, 0.29) is 24.2 Å². The lowest BCUT2D eigenvalue weighted by Crippen LogP contribution is -2.28. The molecule has 1 N–H and O–H groups in total. The summed E-state index contributed by atoms with van der Waals surface area (Å²) >= 11 is 6.15. The summed E-state index contributed by atoms with van der Waals surface area (Å²) in [6.45, 7) is 2.67. The topological polar surface area (TPSA) is 62.3 Å². The molecule has 1 aromatic heterocycles. The second-order valence-corrected chi connectivity index (χ2v) is 6.33. The fourth-order valence-corrected chi connectivity index (χ4v) is 2.97. The van der Waals surface area contributed by atoms with E-state index in [2.05, 4.69) is 10.3 Å². The van der Waals surface area contributed by atoms with Gasteiger partial charge in [0.2, 0.25) is 11.8 Å². The lowest BCUT2D eigenvalue weighted by atomic mass is 10.1. The number of pyridine rings is 1. The Balaban J connectivity index is 1.64. The van der Waals surface area contributed by atoms with Gasteiger partial charge in [0.25, 0.3) is 0 Å².